The summed E-state index contributed by atoms with van der Waals surface area (Å²) < 4.78 is 5.19. The van der Waals surface area contributed by atoms with Gasteiger partial charge in [-0.1, -0.05) is 35.9 Å². The number of carbonyl (C=O) groups excluding carboxylic acids is 1. The first kappa shape index (κ1) is 23.0. The van der Waals surface area contributed by atoms with Gasteiger partial charge in [-0.2, -0.15) is 0 Å². The molecule has 1 fully saturated rings. The van der Waals surface area contributed by atoms with Gasteiger partial charge in [0.15, 0.2) is 0 Å². The van der Waals surface area contributed by atoms with E-state index in [4.69, 9.17) is 16.3 Å². The van der Waals surface area contributed by atoms with Crippen molar-refractivity contribution in [3.63, 3.8) is 0 Å². The van der Waals surface area contributed by atoms with Crippen molar-refractivity contribution in [2.45, 2.75) is 30.6 Å². The molecule has 0 atom stereocenters. The van der Waals surface area contributed by atoms with Gasteiger partial charge in [0.05, 0.1) is 12.1 Å². The molecule has 0 N–H and O–H groups in total. The lowest BCUT2D eigenvalue weighted by atomic mass is 10.1. The summed E-state index contributed by atoms with van der Waals surface area (Å²) in [6.45, 7) is 4.81. The minimum Gasteiger partial charge on any atom is -0.497 e. The van der Waals surface area contributed by atoms with Gasteiger partial charge < -0.3 is 14.5 Å². The van der Waals surface area contributed by atoms with Crippen molar-refractivity contribution < 1.29 is 9.53 Å². The molecule has 0 unspecified atom stereocenters. The number of methoxy groups -OCH3 is 1. The first-order valence-electron chi connectivity index (χ1n) is 10.7. The van der Waals surface area contributed by atoms with E-state index in [-0.39, 0.29) is 5.91 Å². The standard InChI is InChI=1S/C24H31ClN2O2S/c1-29-21-11-8-20(9-12-21)10-13-24(28)27-16-4-14-26(17-18-27)15-5-19-30-23-7-3-2-6-22(23)25/h2-3,6-9,11-12H,4-5,10,13-19H2,1H3. The second-order valence-electron chi connectivity index (χ2n) is 7.56. The molecule has 0 aromatic heterocycles. The van der Waals surface area contributed by atoms with Crippen LogP contribution in [0.3, 0.4) is 0 Å². The Morgan fingerprint density at radius 3 is 2.63 bits per heavy atom. The van der Waals surface area contributed by atoms with Gasteiger partial charge in [-0.3, -0.25) is 4.79 Å². The number of amides is 1. The van der Waals surface area contributed by atoms with Crippen LogP contribution in [0, 0.1) is 0 Å². The molecule has 3 rings (SSSR count). The number of aryl methyl sites for hydroxylation is 1. The molecule has 4 nitrogen and oxygen atoms in total. The molecule has 1 aliphatic rings. The van der Waals surface area contributed by atoms with E-state index in [0.717, 1.165) is 73.4 Å². The number of thioether (sulfide) groups is 1. The van der Waals surface area contributed by atoms with E-state index in [1.165, 1.54) is 5.56 Å². The maximum absolute atomic E-state index is 12.7. The quantitative estimate of drug-likeness (QED) is 0.401. The summed E-state index contributed by atoms with van der Waals surface area (Å²) in [5.74, 6) is 2.18. The lowest BCUT2D eigenvalue weighted by Gasteiger charge is -2.22. The van der Waals surface area contributed by atoms with Crippen LogP contribution in [0.2, 0.25) is 5.02 Å². The summed E-state index contributed by atoms with van der Waals surface area (Å²) in [7, 11) is 1.67. The molecule has 2 aromatic carbocycles. The van der Waals surface area contributed by atoms with Crippen LogP contribution >= 0.6 is 23.4 Å². The molecule has 30 heavy (non-hydrogen) atoms. The van der Waals surface area contributed by atoms with E-state index in [1.54, 1.807) is 7.11 Å². The molecule has 1 heterocycles. The van der Waals surface area contributed by atoms with Crippen LogP contribution in [0.25, 0.3) is 0 Å². The van der Waals surface area contributed by atoms with Crippen molar-refractivity contribution in [2.75, 3.05) is 45.6 Å². The predicted molar refractivity (Wildman–Crippen MR) is 126 cm³/mol. The number of ether oxygens (including phenoxy) is 1. The van der Waals surface area contributed by atoms with Gasteiger partial charge in [-0.05, 0) is 67.9 Å². The van der Waals surface area contributed by atoms with Crippen molar-refractivity contribution in [3.8, 4) is 5.75 Å². The first-order chi connectivity index (χ1) is 14.7. The predicted octanol–water partition coefficient (Wildman–Crippen LogP) is 5.00. The molecule has 0 spiro atoms. The van der Waals surface area contributed by atoms with E-state index in [9.17, 15) is 4.79 Å². The fraction of sp³-hybridized carbons (Fsp3) is 0.458. The number of nitrogens with zero attached hydrogens (tertiary/aromatic N) is 2. The highest BCUT2D eigenvalue weighted by atomic mass is 35.5. The number of carbonyl (C=O) groups is 1. The zero-order valence-electron chi connectivity index (χ0n) is 17.7. The Kier molecular flexibility index (Phi) is 9.37. The van der Waals surface area contributed by atoms with Crippen molar-refractivity contribution in [3.05, 3.63) is 59.1 Å². The number of rotatable bonds is 9. The fourth-order valence-corrected chi connectivity index (χ4v) is 4.85. The Balaban J connectivity index is 1.35. The summed E-state index contributed by atoms with van der Waals surface area (Å²) in [6, 6.07) is 16.0. The average molecular weight is 447 g/mol. The molecular weight excluding hydrogens is 416 g/mol. The average Bonchev–Trinajstić information content (AvgIpc) is 3.02. The van der Waals surface area contributed by atoms with Gasteiger partial charge in [0.1, 0.15) is 5.75 Å². The third kappa shape index (κ3) is 7.22. The highest BCUT2D eigenvalue weighted by molar-refractivity contribution is 7.99. The van der Waals surface area contributed by atoms with Crippen LogP contribution in [0.5, 0.6) is 5.75 Å². The monoisotopic (exact) mass is 446 g/mol. The van der Waals surface area contributed by atoms with Crippen molar-refractivity contribution in [2.24, 2.45) is 0 Å². The van der Waals surface area contributed by atoms with Crippen LogP contribution in [0.4, 0.5) is 0 Å². The number of hydrogen-bond acceptors (Lipinski definition) is 4. The molecule has 162 valence electrons. The summed E-state index contributed by atoms with van der Waals surface area (Å²) in [4.78, 5) is 18.4. The highest BCUT2D eigenvalue weighted by Gasteiger charge is 2.18. The molecule has 0 aliphatic carbocycles. The van der Waals surface area contributed by atoms with Gasteiger partial charge in [-0.25, -0.2) is 0 Å². The maximum Gasteiger partial charge on any atom is 0.222 e. The van der Waals surface area contributed by atoms with E-state index in [1.807, 2.05) is 59.1 Å². The molecule has 1 aliphatic heterocycles. The van der Waals surface area contributed by atoms with E-state index >= 15 is 0 Å². The molecule has 6 heteroatoms. The summed E-state index contributed by atoms with van der Waals surface area (Å²) in [5, 5.41) is 0.834. The molecule has 0 radical (unpaired) electrons. The van der Waals surface area contributed by atoms with Crippen LogP contribution in [0.15, 0.2) is 53.4 Å². The molecular formula is C24H31ClN2O2S. The first-order valence-corrected chi connectivity index (χ1v) is 12.0. The van der Waals surface area contributed by atoms with Gasteiger partial charge in [-0.15, -0.1) is 11.8 Å². The Morgan fingerprint density at radius 1 is 1.07 bits per heavy atom. The Morgan fingerprint density at radius 2 is 1.87 bits per heavy atom. The minimum absolute atomic E-state index is 0.266. The Labute approximate surface area is 189 Å². The third-order valence-electron chi connectivity index (χ3n) is 5.44. The van der Waals surface area contributed by atoms with E-state index < -0.39 is 0 Å². The second-order valence-corrected chi connectivity index (χ2v) is 9.10. The summed E-state index contributed by atoms with van der Waals surface area (Å²) >= 11 is 8.05. The van der Waals surface area contributed by atoms with Crippen molar-refractivity contribution >= 4 is 29.3 Å². The maximum atomic E-state index is 12.7. The smallest absolute Gasteiger partial charge is 0.222 e. The molecule has 0 saturated carbocycles. The Bertz CT molecular complexity index is 800. The zero-order chi connectivity index (χ0) is 21.2. The van der Waals surface area contributed by atoms with Gasteiger partial charge in [0.25, 0.3) is 0 Å². The molecule has 0 bridgehead atoms. The highest BCUT2D eigenvalue weighted by Crippen LogP contribution is 2.27. The topological polar surface area (TPSA) is 32.8 Å². The fourth-order valence-electron chi connectivity index (χ4n) is 3.68. The van der Waals surface area contributed by atoms with Crippen LogP contribution in [0.1, 0.15) is 24.8 Å². The molecule has 1 saturated heterocycles. The van der Waals surface area contributed by atoms with Crippen LogP contribution in [-0.4, -0.2) is 61.3 Å². The third-order valence-corrected chi connectivity index (χ3v) is 7.04. The molecule has 1 amide bonds. The van der Waals surface area contributed by atoms with Crippen molar-refractivity contribution in [1.82, 2.24) is 9.80 Å². The number of benzene rings is 2. The van der Waals surface area contributed by atoms with Gasteiger partial charge in [0, 0.05) is 31.0 Å². The number of hydrogen-bond donors (Lipinski definition) is 0. The summed E-state index contributed by atoms with van der Waals surface area (Å²) in [5.41, 5.74) is 1.18. The van der Waals surface area contributed by atoms with E-state index in [2.05, 4.69) is 11.0 Å². The largest absolute Gasteiger partial charge is 0.497 e. The Hall–Kier alpha value is -1.69. The lowest BCUT2D eigenvalue weighted by molar-refractivity contribution is -0.131. The number of halogens is 1. The second kappa shape index (κ2) is 12.2. The molecule has 2 aromatic rings. The normalized spacial score (nSPS) is 15.1. The van der Waals surface area contributed by atoms with Gasteiger partial charge >= 0.3 is 0 Å². The SMILES string of the molecule is COc1ccc(CCC(=O)N2CCCN(CCCSc3ccccc3Cl)CC2)cc1. The van der Waals surface area contributed by atoms with Crippen molar-refractivity contribution in [1.29, 1.82) is 0 Å². The van der Waals surface area contributed by atoms with Crippen LogP contribution in [-0.2, 0) is 11.2 Å². The zero-order valence-corrected chi connectivity index (χ0v) is 19.3. The van der Waals surface area contributed by atoms with Gasteiger partial charge in [0.2, 0.25) is 5.91 Å². The van der Waals surface area contributed by atoms with Crippen LogP contribution < -0.4 is 4.74 Å². The summed E-state index contributed by atoms with van der Waals surface area (Å²) in [6.07, 6.45) is 3.52. The minimum atomic E-state index is 0.266. The lowest BCUT2D eigenvalue weighted by Crippen LogP contribution is -2.35. The van der Waals surface area contributed by atoms with E-state index in [0.29, 0.717) is 6.42 Å².